The number of rotatable bonds is 2. The van der Waals surface area contributed by atoms with Gasteiger partial charge in [-0.15, -0.1) is 0 Å². The Balaban J connectivity index is 0.00000112. The van der Waals surface area contributed by atoms with Crippen molar-refractivity contribution in [2.45, 2.75) is 52.0 Å². The number of piperidine rings is 1. The molecule has 0 bridgehead atoms. The monoisotopic (exact) mass is 450 g/mol. The fraction of sp³-hybridized carbons (Fsp3) is 0.917. The molecule has 0 radical (unpaired) electrons. The summed E-state index contributed by atoms with van der Waals surface area (Å²) in [6, 6.07) is 0.462. The molecular weight excluding hydrogens is 426 g/mol. The molecule has 4 heteroatoms. The van der Waals surface area contributed by atoms with Crippen LogP contribution in [0.2, 0.25) is 0 Å². The normalized spacial score (nSPS) is 24.5. The van der Waals surface area contributed by atoms with Gasteiger partial charge in [0.05, 0.1) is 0 Å². The molecule has 0 aromatic rings. The van der Waals surface area contributed by atoms with E-state index in [-0.39, 0.29) is 38.5 Å². The molecule has 0 spiro atoms. The van der Waals surface area contributed by atoms with E-state index in [1.165, 1.54) is 32.1 Å². The van der Waals surface area contributed by atoms with Crippen LogP contribution in [0.3, 0.4) is 0 Å². The van der Waals surface area contributed by atoms with Gasteiger partial charge >= 0.3 is 0 Å². The zero-order valence-electron chi connectivity index (χ0n) is 9.30. The summed E-state index contributed by atoms with van der Waals surface area (Å²) in [5.41, 5.74) is 0. The van der Waals surface area contributed by atoms with Crippen LogP contribution in [0.15, 0.2) is 0 Å². The van der Waals surface area contributed by atoms with Crippen molar-refractivity contribution in [1.82, 2.24) is 10.2 Å². The second kappa shape index (κ2) is 8.55. The van der Waals surface area contributed by atoms with Crippen LogP contribution in [-0.4, -0.2) is 36.5 Å². The van der Waals surface area contributed by atoms with Crippen molar-refractivity contribution in [2.24, 2.45) is 0 Å². The number of amides is 1. The fourth-order valence-electron chi connectivity index (χ4n) is 2.41. The molecule has 0 unspecified atom stereocenters. The minimum Gasteiger partial charge on any atom is -0.343 e. The second-order valence-corrected chi connectivity index (χ2v) is 4.44. The first kappa shape index (κ1) is 16.5. The fourth-order valence-corrected chi connectivity index (χ4v) is 2.41. The van der Waals surface area contributed by atoms with Crippen LogP contribution in [0.1, 0.15) is 46.0 Å². The molecule has 2 aliphatic rings. The van der Waals surface area contributed by atoms with Gasteiger partial charge in [0.25, 0.3) is 0 Å². The van der Waals surface area contributed by atoms with Crippen molar-refractivity contribution >= 4 is 5.91 Å². The Labute approximate surface area is 123 Å². The van der Waals surface area contributed by atoms with Crippen LogP contribution in [0, 0.1) is 31.1 Å². The molecular formula is C12H24N2OU. The van der Waals surface area contributed by atoms with Gasteiger partial charge in [-0.1, -0.05) is 7.43 Å². The first-order chi connectivity index (χ1) is 6.86. The van der Waals surface area contributed by atoms with E-state index in [1.54, 1.807) is 0 Å². The smallest absolute Gasteiger partial charge is 0.224 e. The molecule has 2 fully saturated rings. The maximum absolute atomic E-state index is 11.8. The summed E-state index contributed by atoms with van der Waals surface area (Å²) in [6.07, 6.45) is 6.83. The van der Waals surface area contributed by atoms with Gasteiger partial charge in [-0.05, 0) is 38.6 Å². The van der Waals surface area contributed by atoms with Gasteiger partial charge in [-0.25, -0.2) is 0 Å². The topological polar surface area (TPSA) is 32.3 Å². The summed E-state index contributed by atoms with van der Waals surface area (Å²) in [5.74, 6) is 0.365. The Hall–Kier alpha value is 0.482. The van der Waals surface area contributed by atoms with Crippen LogP contribution in [-0.2, 0) is 4.79 Å². The molecule has 0 aromatic carbocycles. The van der Waals surface area contributed by atoms with E-state index in [4.69, 9.17) is 0 Å². The molecule has 2 saturated heterocycles. The van der Waals surface area contributed by atoms with E-state index in [1.807, 2.05) is 4.90 Å². The number of nitrogens with zero attached hydrogens (tertiary/aromatic N) is 1. The third kappa shape index (κ3) is 4.77. The summed E-state index contributed by atoms with van der Waals surface area (Å²) in [4.78, 5) is 13.9. The molecule has 0 aliphatic carbocycles. The van der Waals surface area contributed by atoms with E-state index < -0.39 is 0 Å². The largest absolute Gasteiger partial charge is 0.343 e. The van der Waals surface area contributed by atoms with E-state index >= 15 is 0 Å². The molecule has 3 nitrogen and oxygen atoms in total. The molecule has 2 rings (SSSR count). The van der Waals surface area contributed by atoms with Crippen LogP contribution < -0.4 is 5.32 Å². The maximum atomic E-state index is 11.8. The molecule has 1 atom stereocenters. The maximum Gasteiger partial charge on any atom is 0.224 e. The molecule has 16 heavy (non-hydrogen) atoms. The Morgan fingerprint density at radius 1 is 1.19 bits per heavy atom. The first-order valence-electron chi connectivity index (χ1n) is 5.87. The summed E-state index contributed by atoms with van der Waals surface area (Å²) >= 11 is 0. The van der Waals surface area contributed by atoms with E-state index in [2.05, 4.69) is 5.32 Å². The number of carbonyl (C=O) groups excluding carboxylic acids is 1. The average Bonchev–Trinajstić information content (AvgIpc) is 2.72. The van der Waals surface area contributed by atoms with E-state index in [9.17, 15) is 4.79 Å². The molecule has 0 saturated carbocycles. The minimum atomic E-state index is 0. The van der Waals surface area contributed by atoms with E-state index in [0.29, 0.717) is 11.9 Å². The van der Waals surface area contributed by atoms with Crippen LogP contribution in [0.4, 0.5) is 0 Å². The number of hydrogen-bond donors (Lipinski definition) is 1. The predicted molar refractivity (Wildman–Crippen MR) is 62.8 cm³/mol. The first-order valence-corrected chi connectivity index (χ1v) is 5.87. The van der Waals surface area contributed by atoms with Crippen molar-refractivity contribution in [3.8, 4) is 0 Å². The molecule has 1 amide bonds. The van der Waals surface area contributed by atoms with Gasteiger partial charge in [-0.3, -0.25) is 4.79 Å². The standard InChI is InChI=1S/C11H20N2O.CH4.U/c14-11(9-10-5-4-6-12-10)13-7-2-1-3-8-13;;/h10,12H,1-9H2;1H4;/t10-;;/m0../s1. The Morgan fingerprint density at radius 2 is 1.88 bits per heavy atom. The SMILES string of the molecule is C.O=C(C[C@@H]1CCCN1)N1CCCCC1.[U]. The number of hydrogen-bond acceptors (Lipinski definition) is 2. The summed E-state index contributed by atoms with van der Waals surface area (Å²) < 4.78 is 0. The van der Waals surface area contributed by atoms with Gasteiger partial charge in [0, 0.05) is 56.7 Å². The van der Waals surface area contributed by atoms with Crippen molar-refractivity contribution in [3.05, 3.63) is 0 Å². The Bertz CT molecular complexity index is 199. The molecule has 2 heterocycles. The molecule has 0 aromatic heterocycles. The number of nitrogens with one attached hydrogen (secondary N) is 1. The average molecular weight is 450 g/mol. The summed E-state index contributed by atoms with van der Waals surface area (Å²) in [5, 5.41) is 3.38. The third-order valence-corrected chi connectivity index (χ3v) is 3.29. The Morgan fingerprint density at radius 3 is 2.44 bits per heavy atom. The van der Waals surface area contributed by atoms with Crippen molar-refractivity contribution in [3.63, 3.8) is 0 Å². The van der Waals surface area contributed by atoms with Crippen LogP contribution in [0.5, 0.6) is 0 Å². The zero-order valence-corrected chi connectivity index (χ0v) is 13.5. The predicted octanol–water partition coefficient (Wildman–Crippen LogP) is 1.78. The van der Waals surface area contributed by atoms with Crippen LogP contribution in [0.25, 0.3) is 0 Å². The molecule has 2 aliphatic heterocycles. The second-order valence-electron chi connectivity index (χ2n) is 4.44. The van der Waals surface area contributed by atoms with Gasteiger partial charge in [0.1, 0.15) is 0 Å². The molecule has 92 valence electrons. The minimum absolute atomic E-state index is 0. The van der Waals surface area contributed by atoms with Crippen molar-refractivity contribution < 1.29 is 35.9 Å². The van der Waals surface area contributed by atoms with Gasteiger partial charge in [0.15, 0.2) is 0 Å². The molecule has 1 N–H and O–H groups in total. The zero-order chi connectivity index (χ0) is 9.80. The number of carbonyl (C=O) groups is 1. The van der Waals surface area contributed by atoms with Crippen molar-refractivity contribution in [2.75, 3.05) is 19.6 Å². The van der Waals surface area contributed by atoms with Crippen LogP contribution >= 0.6 is 0 Å². The number of likely N-dealkylation sites (tertiary alicyclic amines) is 1. The summed E-state index contributed by atoms with van der Waals surface area (Å²) in [6.45, 7) is 3.08. The summed E-state index contributed by atoms with van der Waals surface area (Å²) in [7, 11) is 0. The van der Waals surface area contributed by atoms with Gasteiger partial charge in [0.2, 0.25) is 5.91 Å². The van der Waals surface area contributed by atoms with Crippen molar-refractivity contribution in [1.29, 1.82) is 0 Å². The quantitative estimate of drug-likeness (QED) is 0.696. The third-order valence-electron chi connectivity index (χ3n) is 3.29. The van der Waals surface area contributed by atoms with E-state index in [0.717, 1.165) is 26.1 Å². The van der Waals surface area contributed by atoms with Gasteiger partial charge < -0.3 is 10.2 Å². The Kier molecular flexibility index (Phi) is 8.81. The van der Waals surface area contributed by atoms with Gasteiger partial charge in [-0.2, -0.15) is 0 Å².